The van der Waals surface area contributed by atoms with Gasteiger partial charge in [-0.15, -0.1) is 0 Å². The number of carbonyl (C=O) groups excluding carboxylic acids is 1. The molecule has 2 N–H and O–H groups in total. The van der Waals surface area contributed by atoms with Gasteiger partial charge in [0.2, 0.25) is 0 Å². The average molecular weight is 292 g/mol. The number of anilines is 1. The lowest BCUT2D eigenvalue weighted by Gasteiger charge is -2.24. The summed E-state index contributed by atoms with van der Waals surface area (Å²) in [5, 5.41) is 12.0. The zero-order chi connectivity index (χ0) is 15.8. The van der Waals surface area contributed by atoms with Gasteiger partial charge in [0, 0.05) is 25.4 Å². The maximum atomic E-state index is 12.4. The molecule has 0 spiro atoms. The van der Waals surface area contributed by atoms with Crippen LogP contribution in [0.4, 0.5) is 10.5 Å². The Morgan fingerprint density at radius 2 is 1.71 bits per heavy atom. The van der Waals surface area contributed by atoms with Crippen molar-refractivity contribution in [3.63, 3.8) is 0 Å². The van der Waals surface area contributed by atoms with Crippen LogP contribution in [0, 0.1) is 20.8 Å². The van der Waals surface area contributed by atoms with Gasteiger partial charge in [-0.25, -0.2) is 4.79 Å². The summed E-state index contributed by atoms with van der Waals surface area (Å²) >= 11 is 0. The smallest absolute Gasteiger partial charge is 0.321 e. The van der Waals surface area contributed by atoms with E-state index in [1.165, 1.54) is 5.56 Å². The predicted octanol–water partition coefficient (Wildman–Crippen LogP) is 3.63. The number of rotatable bonds is 7. The number of hydrogen-bond donors (Lipinski definition) is 2. The van der Waals surface area contributed by atoms with Gasteiger partial charge < -0.3 is 15.3 Å². The highest BCUT2D eigenvalue weighted by atomic mass is 16.3. The Hall–Kier alpha value is -1.55. The lowest BCUT2D eigenvalue weighted by molar-refractivity contribution is 0.201. The number of urea groups is 1. The van der Waals surface area contributed by atoms with Crippen molar-refractivity contribution >= 4 is 11.7 Å². The van der Waals surface area contributed by atoms with Crippen LogP contribution >= 0.6 is 0 Å². The average Bonchev–Trinajstić information content (AvgIpc) is 2.42. The van der Waals surface area contributed by atoms with Crippen molar-refractivity contribution in [1.29, 1.82) is 0 Å². The summed E-state index contributed by atoms with van der Waals surface area (Å²) in [6.07, 6.45) is 2.64. The molecule has 0 radical (unpaired) electrons. The number of nitrogens with zero attached hydrogens (tertiary/aromatic N) is 1. The molecule has 0 atom stereocenters. The van der Waals surface area contributed by atoms with Gasteiger partial charge in [0.25, 0.3) is 0 Å². The Labute approximate surface area is 128 Å². The third-order valence-electron chi connectivity index (χ3n) is 3.56. The van der Waals surface area contributed by atoms with Gasteiger partial charge in [0.1, 0.15) is 0 Å². The van der Waals surface area contributed by atoms with E-state index in [0.29, 0.717) is 13.0 Å². The Kier molecular flexibility index (Phi) is 7.23. The van der Waals surface area contributed by atoms with E-state index in [4.69, 9.17) is 5.11 Å². The topological polar surface area (TPSA) is 52.6 Å². The van der Waals surface area contributed by atoms with Gasteiger partial charge in [-0.1, -0.05) is 31.0 Å². The molecular weight excluding hydrogens is 264 g/mol. The number of benzene rings is 1. The van der Waals surface area contributed by atoms with E-state index in [2.05, 4.69) is 31.3 Å². The SMILES string of the molecule is CCCCN(CCCO)C(=O)Nc1c(C)cc(C)cc1C. The van der Waals surface area contributed by atoms with Crippen molar-refractivity contribution < 1.29 is 9.90 Å². The zero-order valence-corrected chi connectivity index (χ0v) is 13.7. The van der Waals surface area contributed by atoms with Gasteiger partial charge in [0.15, 0.2) is 0 Å². The van der Waals surface area contributed by atoms with E-state index in [9.17, 15) is 4.79 Å². The molecule has 1 rings (SSSR count). The highest BCUT2D eigenvalue weighted by molar-refractivity contribution is 5.91. The molecule has 118 valence electrons. The molecule has 0 saturated heterocycles. The maximum Gasteiger partial charge on any atom is 0.321 e. The Morgan fingerprint density at radius 3 is 2.24 bits per heavy atom. The summed E-state index contributed by atoms with van der Waals surface area (Å²) in [5.41, 5.74) is 4.26. The molecule has 0 aromatic heterocycles. The number of nitrogens with one attached hydrogen (secondary N) is 1. The number of carbonyl (C=O) groups is 1. The van der Waals surface area contributed by atoms with Crippen molar-refractivity contribution in [3.05, 3.63) is 28.8 Å². The van der Waals surface area contributed by atoms with E-state index >= 15 is 0 Å². The normalized spacial score (nSPS) is 10.5. The molecule has 21 heavy (non-hydrogen) atoms. The van der Waals surface area contributed by atoms with E-state index in [1.54, 1.807) is 4.90 Å². The Bertz CT molecular complexity index is 441. The Balaban J connectivity index is 2.80. The third kappa shape index (κ3) is 5.38. The molecule has 0 aliphatic heterocycles. The standard InChI is InChI=1S/C17H28N2O2/c1-5-6-8-19(9-7-10-20)17(21)18-16-14(3)11-13(2)12-15(16)4/h11-12,20H,5-10H2,1-4H3,(H,18,21). The van der Waals surface area contributed by atoms with Crippen molar-refractivity contribution in [2.75, 3.05) is 25.0 Å². The quantitative estimate of drug-likeness (QED) is 0.806. The first-order chi connectivity index (χ1) is 9.99. The van der Waals surface area contributed by atoms with Gasteiger partial charge in [-0.05, 0) is 44.7 Å². The van der Waals surface area contributed by atoms with Crippen LogP contribution in [0.5, 0.6) is 0 Å². The fraction of sp³-hybridized carbons (Fsp3) is 0.588. The minimum Gasteiger partial charge on any atom is -0.396 e. The van der Waals surface area contributed by atoms with Crippen LogP contribution in [0.25, 0.3) is 0 Å². The molecule has 0 heterocycles. The summed E-state index contributed by atoms with van der Waals surface area (Å²) in [6.45, 7) is 9.62. The molecule has 1 aromatic rings. The molecular formula is C17H28N2O2. The number of aliphatic hydroxyl groups is 1. The number of aliphatic hydroxyl groups excluding tert-OH is 1. The molecule has 0 fully saturated rings. The lowest BCUT2D eigenvalue weighted by Crippen LogP contribution is -2.37. The minimum atomic E-state index is -0.0769. The summed E-state index contributed by atoms with van der Waals surface area (Å²) in [7, 11) is 0. The number of unbranched alkanes of at least 4 members (excludes halogenated alkanes) is 1. The van der Waals surface area contributed by atoms with Gasteiger partial charge in [0.05, 0.1) is 0 Å². The van der Waals surface area contributed by atoms with Gasteiger partial charge >= 0.3 is 6.03 Å². The van der Waals surface area contributed by atoms with Crippen LogP contribution in [-0.2, 0) is 0 Å². The van der Waals surface area contributed by atoms with Crippen LogP contribution in [0.15, 0.2) is 12.1 Å². The van der Waals surface area contributed by atoms with Crippen LogP contribution in [-0.4, -0.2) is 35.7 Å². The minimum absolute atomic E-state index is 0.0769. The fourth-order valence-electron chi connectivity index (χ4n) is 2.49. The van der Waals surface area contributed by atoms with Crippen LogP contribution < -0.4 is 5.32 Å². The predicted molar refractivity (Wildman–Crippen MR) is 87.9 cm³/mol. The van der Waals surface area contributed by atoms with Crippen molar-refractivity contribution in [3.8, 4) is 0 Å². The molecule has 0 saturated carbocycles. The molecule has 1 aromatic carbocycles. The molecule has 4 heteroatoms. The molecule has 4 nitrogen and oxygen atoms in total. The molecule has 0 unspecified atom stereocenters. The van der Waals surface area contributed by atoms with E-state index in [1.807, 2.05) is 13.8 Å². The molecule has 0 bridgehead atoms. The zero-order valence-electron chi connectivity index (χ0n) is 13.7. The summed E-state index contributed by atoms with van der Waals surface area (Å²) < 4.78 is 0. The second-order valence-electron chi connectivity index (χ2n) is 5.62. The number of hydrogen-bond acceptors (Lipinski definition) is 2. The second kappa shape index (κ2) is 8.67. The molecule has 0 aliphatic rings. The first-order valence-electron chi connectivity index (χ1n) is 7.74. The first-order valence-corrected chi connectivity index (χ1v) is 7.74. The monoisotopic (exact) mass is 292 g/mol. The van der Waals surface area contributed by atoms with Crippen LogP contribution in [0.2, 0.25) is 0 Å². The highest BCUT2D eigenvalue weighted by Crippen LogP contribution is 2.22. The maximum absolute atomic E-state index is 12.4. The number of aryl methyl sites for hydroxylation is 3. The number of amides is 2. The van der Waals surface area contributed by atoms with Crippen molar-refractivity contribution in [2.24, 2.45) is 0 Å². The van der Waals surface area contributed by atoms with E-state index in [-0.39, 0.29) is 12.6 Å². The lowest BCUT2D eigenvalue weighted by atomic mass is 10.1. The first kappa shape index (κ1) is 17.5. The highest BCUT2D eigenvalue weighted by Gasteiger charge is 2.15. The van der Waals surface area contributed by atoms with E-state index < -0.39 is 0 Å². The van der Waals surface area contributed by atoms with Crippen molar-refractivity contribution in [2.45, 2.75) is 47.0 Å². The largest absolute Gasteiger partial charge is 0.396 e. The summed E-state index contributed by atoms with van der Waals surface area (Å²) in [5.74, 6) is 0. The second-order valence-corrected chi connectivity index (χ2v) is 5.62. The molecule has 0 aliphatic carbocycles. The van der Waals surface area contributed by atoms with Gasteiger partial charge in [-0.2, -0.15) is 0 Å². The van der Waals surface area contributed by atoms with Crippen LogP contribution in [0.1, 0.15) is 42.9 Å². The van der Waals surface area contributed by atoms with Crippen LogP contribution in [0.3, 0.4) is 0 Å². The Morgan fingerprint density at radius 1 is 1.14 bits per heavy atom. The fourth-order valence-corrected chi connectivity index (χ4v) is 2.49. The summed E-state index contributed by atoms with van der Waals surface area (Å²) in [6, 6.07) is 4.08. The van der Waals surface area contributed by atoms with E-state index in [0.717, 1.165) is 36.2 Å². The van der Waals surface area contributed by atoms with Crippen molar-refractivity contribution in [1.82, 2.24) is 4.90 Å². The van der Waals surface area contributed by atoms with Gasteiger partial charge in [-0.3, -0.25) is 0 Å². The molecule has 2 amide bonds. The third-order valence-corrected chi connectivity index (χ3v) is 3.56. The summed E-state index contributed by atoms with van der Waals surface area (Å²) in [4.78, 5) is 14.2.